The molecule has 7 heteroatoms. The first kappa shape index (κ1) is 18.3. The quantitative estimate of drug-likeness (QED) is 0.751. The molecule has 0 spiro atoms. The van der Waals surface area contributed by atoms with Crippen molar-refractivity contribution in [3.63, 3.8) is 0 Å². The Balaban J connectivity index is 1.61. The molecule has 1 aromatic heterocycles. The lowest BCUT2D eigenvalue weighted by Gasteiger charge is -2.33. The minimum Gasteiger partial charge on any atom is -0.293 e. The van der Waals surface area contributed by atoms with Gasteiger partial charge in [-0.3, -0.25) is 9.69 Å². The number of sulfonamides is 1. The molecule has 1 saturated heterocycles. The zero-order chi connectivity index (χ0) is 18.0. The Bertz CT molecular complexity index is 852. The van der Waals surface area contributed by atoms with Crippen LogP contribution in [0.2, 0.25) is 0 Å². The zero-order valence-electron chi connectivity index (χ0n) is 14.4. The maximum absolute atomic E-state index is 12.6. The van der Waals surface area contributed by atoms with Gasteiger partial charge in [-0.15, -0.1) is 11.3 Å². The number of carbonyl (C=O) groups is 1. The summed E-state index contributed by atoms with van der Waals surface area (Å²) in [6.07, 6.45) is 0. The van der Waals surface area contributed by atoms with Gasteiger partial charge in [-0.25, -0.2) is 8.42 Å². The smallest absolute Gasteiger partial charge is 0.252 e. The van der Waals surface area contributed by atoms with Gasteiger partial charge in [-0.1, -0.05) is 23.8 Å². The van der Waals surface area contributed by atoms with Gasteiger partial charge in [0.1, 0.15) is 4.21 Å². The fourth-order valence-corrected chi connectivity index (χ4v) is 5.56. The summed E-state index contributed by atoms with van der Waals surface area (Å²) in [5, 5.41) is 1.77. The molecule has 2 heterocycles. The molecule has 1 aliphatic heterocycles. The summed E-state index contributed by atoms with van der Waals surface area (Å²) in [4.78, 5) is 14.6. The lowest BCUT2D eigenvalue weighted by molar-refractivity contribution is 0.0901. The number of nitrogens with zero attached hydrogens (tertiary/aromatic N) is 2. The number of rotatable bonds is 5. The first-order chi connectivity index (χ1) is 11.9. The Labute approximate surface area is 152 Å². The maximum atomic E-state index is 12.6. The van der Waals surface area contributed by atoms with Crippen LogP contribution in [0.15, 0.2) is 39.9 Å². The average molecular weight is 379 g/mol. The number of piperazine rings is 1. The van der Waals surface area contributed by atoms with Crippen molar-refractivity contribution in [1.29, 1.82) is 0 Å². The highest BCUT2D eigenvalue weighted by Crippen LogP contribution is 2.22. The summed E-state index contributed by atoms with van der Waals surface area (Å²) in [6.45, 7) is 6.23. The van der Waals surface area contributed by atoms with Crippen LogP contribution in [-0.2, 0) is 10.0 Å². The van der Waals surface area contributed by atoms with E-state index in [1.54, 1.807) is 17.5 Å². The molecule has 0 atom stereocenters. The van der Waals surface area contributed by atoms with E-state index in [-0.39, 0.29) is 5.78 Å². The Morgan fingerprint density at radius 3 is 2.48 bits per heavy atom. The van der Waals surface area contributed by atoms with Gasteiger partial charge in [-0.05, 0) is 36.9 Å². The number of thiophene rings is 1. The van der Waals surface area contributed by atoms with Crippen LogP contribution in [0.3, 0.4) is 0 Å². The summed E-state index contributed by atoms with van der Waals surface area (Å²) in [6, 6.07) is 9.27. The van der Waals surface area contributed by atoms with E-state index in [0.29, 0.717) is 36.9 Å². The van der Waals surface area contributed by atoms with Crippen LogP contribution < -0.4 is 0 Å². The highest BCUT2D eigenvalue weighted by Gasteiger charge is 2.29. The van der Waals surface area contributed by atoms with E-state index in [9.17, 15) is 13.2 Å². The van der Waals surface area contributed by atoms with Crippen LogP contribution in [0, 0.1) is 13.8 Å². The molecule has 25 heavy (non-hydrogen) atoms. The van der Waals surface area contributed by atoms with Crippen molar-refractivity contribution in [2.24, 2.45) is 0 Å². The molecule has 134 valence electrons. The number of aryl methyl sites for hydroxylation is 2. The summed E-state index contributed by atoms with van der Waals surface area (Å²) in [7, 11) is -3.39. The van der Waals surface area contributed by atoms with Gasteiger partial charge in [-0.2, -0.15) is 4.31 Å². The minimum atomic E-state index is -3.39. The van der Waals surface area contributed by atoms with E-state index in [1.807, 2.05) is 36.9 Å². The molecule has 3 rings (SSSR count). The van der Waals surface area contributed by atoms with Crippen molar-refractivity contribution in [3.05, 3.63) is 52.4 Å². The average Bonchev–Trinajstić information content (AvgIpc) is 3.13. The van der Waals surface area contributed by atoms with Crippen LogP contribution in [-0.4, -0.2) is 56.1 Å². The third-order valence-corrected chi connectivity index (χ3v) is 7.75. The SMILES string of the molecule is Cc1ccc(C)c(C(=O)CN2CCN(S(=O)(=O)c3cccs3)CC2)c1. The number of hydrogen-bond acceptors (Lipinski definition) is 5. The molecule has 0 amide bonds. The number of benzene rings is 1. The molecule has 0 unspecified atom stereocenters. The predicted octanol–water partition coefficient (Wildman–Crippen LogP) is 2.55. The van der Waals surface area contributed by atoms with Gasteiger partial charge < -0.3 is 0 Å². The highest BCUT2D eigenvalue weighted by molar-refractivity contribution is 7.91. The molecule has 0 aliphatic carbocycles. The molecule has 0 bridgehead atoms. The van der Waals surface area contributed by atoms with Gasteiger partial charge in [0.05, 0.1) is 6.54 Å². The highest BCUT2D eigenvalue weighted by atomic mass is 32.2. The Hall–Kier alpha value is -1.54. The largest absolute Gasteiger partial charge is 0.293 e. The first-order valence-electron chi connectivity index (χ1n) is 8.24. The molecule has 2 aromatic rings. The third kappa shape index (κ3) is 4.00. The molecule has 1 fully saturated rings. The topological polar surface area (TPSA) is 57.7 Å². The molecule has 0 radical (unpaired) electrons. The predicted molar refractivity (Wildman–Crippen MR) is 99.8 cm³/mol. The fourth-order valence-electron chi connectivity index (χ4n) is 2.99. The molecule has 5 nitrogen and oxygen atoms in total. The van der Waals surface area contributed by atoms with Crippen LogP contribution >= 0.6 is 11.3 Å². The molecular formula is C18H22N2O3S2. The zero-order valence-corrected chi connectivity index (χ0v) is 16.1. The minimum absolute atomic E-state index is 0.0933. The Kier molecular flexibility index (Phi) is 5.38. The summed E-state index contributed by atoms with van der Waals surface area (Å²) < 4.78 is 27.0. The van der Waals surface area contributed by atoms with Gasteiger partial charge in [0, 0.05) is 31.7 Å². The van der Waals surface area contributed by atoms with E-state index in [4.69, 9.17) is 0 Å². The van der Waals surface area contributed by atoms with E-state index in [1.165, 1.54) is 15.6 Å². The van der Waals surface area contributed by atoms with E-state index >= 15 is 0 Å². The molecule has 0 N–H and O–H groups in total. The van der Waals surface area contributed by atoms with E-state index in [0.717, 1.165) is 16.7 Å². The Morgan fingerprint density at radius 2 is 1.84 bits per heavy atom. The van der Waals surface area contributed by atoms with Crippen LogP contribution in [0.1, 0.15) is 21.5 Å². The number of hydrogen-bond donors (Lipinski definition) is 0. The lowest BCUT2D eigenvalue weighted by Crippen LogP contribution is -2.49. The van der Waals surface area contributed by atoms with Crippen molar-refractivity contribution < 1.29 is 13.2 Å². The Morgan fingerprint density at radius 1 is 1.12 bits per heavy atom. The molecule has 1 aromatic carbocycles. The summed E-state index contributed by atoms with van der Waals surface area (Å²) >= 11 is 1.24. The second-order valence-electron chi connectivity index (χ2n) is 6.35. The number of ketones is 1. The first-order valence-corrected chi connectivity index (χ1v) is 10.6. The standard InChI is InChI=1S/C18H22N2O3S2/c1-14-5-6-15(2)16(12-14)17(21)13-19-7-9-20(10-8-19)25(22,23)18-4-3-11-24-18/h3-6,11-12H,7-10,13H2,1-2H3. The van der Waals surface area contributed by atoms with Crippen LogP contribution in [0.5, 0.6) is 0 Å². The van der Waals surface area contributed by atoms with E-state index < -0.39 is 10.0 Å². The summed E-state index contributed by atoms with van der Waals surface area (Å²) in [5.74, 6) is 0.0933. The van der Waals surface area contributed by atoms with Gasteiger partial charge >= 0.3 is 0 Å². The normalized spacial score (nSPS) is 16.9. The maximum Gasteiger partial charge on any atom is 0.252 e. The van der Waals surface area contributed by atoms with Crippen molar-refractivity contribution in [2.75, 3.05) is 32.7 Å². The number of Topliss-reactive ketones (excluding diaryl/α,β-unsaturated/α-hetero) is 1. The van der Waals surface area contributed by atoms with Crippen LogP contribution in [0.4, 0.5) is 0 Å². The third-order valence-electron chi connectivity index (χ3n) is 4.48. The fraction of sp³-hybridized carbons (Fsp3) is 0.389. The van der Waals surface area contributed by atoms with Crippen LogP contribution in [0.25, 0.3) is 0 Å². The van der Waals surface area contributed by atoms with Crippen molar-refractivity contribution in [3.8, 4) is 0 Å². The van der Waals surface area contributed by atoms with E-state index in [2.05, 4.69) is 0 Å². The van der Waals surface area contributed by atoms with Gasteiger partial charge in [0.2, 0.25) is 0 Å². The second-order valence-corrected chi connectivity index (χ2v) is 9.47. The van der Waals surface area contributed by atoms with Crippen molar-refractivity contribution >= 4 is 27.1 Å². The van der Waals surface area contributed by atoms with Crippen molar-refractivity contribution in [2.45, 2.75) is 18.1 Å². The lowest BCUT2D eigenvalue weighted by atomic mass is 10.0. The molecular weight excluding hydrogens is 356 g/mol. The molecule has 1 aliphatic rings. The monoisotopic (exact) mass is 378 g/mol. The molecule has 0 saturated carbocycles. The second kappa shape index (κ2) is 7.37. The number of carbonyl (C=O) groups excluding carboxylic acids is 1. The summed E-state index contributed by atoms with van der Waals surface area (Å²) in [5.41, 5.74) is 2.81. The van der Waals surface area contributed by atoms with Crippen molar-refractivity contribution in [1.82, 2.24) is 9.21 Å². The van der Waals surface area contributed by atoms with Gasteiger partial charge in [0.15, 0.2) is 5.78 Å². The van der Waals surface area contributed by atoms with Gasteiger partial charge in [0.25, 0.3) is 10.0 Å².